The van der Waals surface area contributed by atoms with Crippen molar-refractivity contribution in [1.29, 1.82) is 0 Å². The first-order valence-electron chi connectivity index (χ1n) is 18.4. The molecule has 0 bridgehead atoms. The summed E-state index contributed by atoms with van der Waals surface area (Å²) in [6.45, 7) is 0. The van der Waals surface area contributed by atoms with Crippen molar-refractivity contribution < 1.29 is 0 Å². The van der Waals surface area contributed by atoms with E-state index < -0.39 is 0 Å². The Morgan fingerprint density at radius 2 is 0.796 bits per heavy atom. The van der Waals surface area contributed by atoms with E-state index in [-0.39, 0.29) is 0 Å². The van der Waals surface area contributed by atoms with E-state index in [9.17, 15) is 0 Å². The quantitative estimate of drug-likeness (QED) is 0.160. The van der Waals surface area contributed by atoms with Gasteiger partial charge in [-0.3, -0.25) is 0 Å². The highest BCUT2D eigenvalue weighted by molar-refractivity contribution is 7.26. The third-order valence-corrected chi connectivity index (χ3v) is 11.6. The number of hydrogen-bond donors (Lipinski definition) is 0. The van der Waals surface area contributed by atoms with Crippen LogP contribution in [-0.4, -0.2) is 0 Å². The summed E-state index contributed by atoms with van der Waals surface area (Å²) in [5, 5.41) is 5.06. The Kier molecular flexibility index (Phi) is 8.09. The summed E-state index contributed by atoms with van der Waals surface area (Å²) in [6, 6.07) is 77.2. The predicted octanol–water partition coefficient (Wildman–Crippen LogP) is 15.3. The molecule has 54 heavy (non-hydrogen) atoms. The number of rotatable bonds is 7. The molecule has 0 amide bonds. The van der Waals surface area contributed by atoms with Crippen molar-refractivity contribution in [2.75, 3.05) is 4.90 Å². The minimum atomic E-state index is 1.11. The minimum absolute atomic E-state index is 1.11. The molecular formula is C52H35NS. The van der Waals surface area contributed by atoms with E-state index in [0.717, 1.165) is 17.1 Å². The largest absolute Gasteiger partial charge is 0.309 e. The van der Waals surface area contributed by atoms with Crippen LogP contribution in [-0.2, 0) is 0 Å². The smallest absolute Gasteiger partial charge is 0.0555 e. The molecule has 0 fully saturated rings. The molecule has 10 aromatic rings. The first-order chi connectivity index (χ1) is 26.8. The van der Waals surface area contributed by atoms with Gasteiger partial charge in [-0.1, -0.05) is 176 Å². The molecule has 254 valence electrons. The van der Waals surface area contributed by atoms with E-state index >= 15 is 0 Å². The number of para-hydroxylation sites is 1. The Hall–Kier alpha value is -6.74. The average molecular weight is 706 g/mol. The van der Waals surface area contributed by atoms with Crippen LogP contribution in [0.2, 0.25) is 0 Å². The molecular weight excluding hydrogens is 671 g/mol. The topological polar surface area (TPSA) is 3.24 Å². The second kappa shape index (κ2) is 13.7. The fourth-order valence-electron chi connectivity index (χ4n) is 8.05. The van der Waals surface area contributed by atoms with E-state index in [0.29, 0.717) is 0 Å². The van der Waals surface area contributed by atoms with Crippen molar-refractivity contribution in [3.63, 3.8) is 0 Å². The fraction of sp³-hybridized carbons (Fsp3) is 0. The number of fused-ring (bicyclic) bond motifs is 4. The maximum absolute atomic E-state index is 2.48. The van der Waals surface area contributed by atoms with Crippen molar-refractivity contribution in [3.8, 4) is 44.5 Å². The molecule has 0 unspecified atom stereocenters. The van der Waals surface area contributed by atoms with Crippen molar-refractivity contribution in [3.05, 3.63) is 212 Å². The van der Waals surface area contributed by atoms with E-state index in [2.05, 4.69) is 217 Å². The summed E-state index contributed by atoms with van der Waals surface area (Å²) in [5.74, 6) is 0. The molecule has 0 radical (unpaired) electrons. The zero-order valence-corrected chi connectivity index (χ0v) is 30.4. The molecule has 0 saturated carbocycles. The van der Waals surface area contributed by atoms with Crippen molar-refractivity contribution >= 4 is 59.3 Å². The molecule has 0 spiro atoms. The summed E-state index contributed by atoms with van der Waals surface area (Å²) in [7, 11) is 0. The molecule has 0 N–H and O–H groups in total. The molecule has 1 aromatic heterocycles. The van der Waals surface area contributed by atoms with Crippen LogP contribution >= 0.6 is 11.3 Å². The second-order valence-corrected chi connectivity index (χ2v) is 14.7. The molecule has 0 aliphatic carbocycles. The zero-order valence-electron chi connectivity index (χ0n) is 29.6. The summed E-state index contributed by atoms with van der Waals surface area (Å²) in [4.78, 5) is 2.48. The molecule has 10 rings (SSSR count). The van der Waals surface area contributed by atoms with Crippen LogP contribution in [0.1, 0.15) is 0 Å². The van der Waals surface area contributed by atoms with E-state index in [1.165, 1.54) is 75.5 Å². The summed E-state index contributed by atoms with van der Waals surface area (Å²) in [5.41, 5.74) is 13.0. The van der Waals surface area contributed by atoms with E-state index in [1.807, 2.05) is 11.3 Å². The van der Waals surface area contributed by atoms with Crippen LogP contribution in [0, 0.1) is 0 Å². The number of benzene rings is 9. The Balaban J connectivity index is 1.20. The lowest BCUT2D eigenvalue weighted by atomic mass is 9.88. The van der Waals surface area contributed by atoms with E-state index in [4.69, 9.17) is 0 Å². The van der Waals surface area contributed by atoms with Crippen LogP contribution in [0.15, 0.2) is 212 Å². The van der Waals surface area contributed by atoms with Crippen LogP contribution in [0.25, 0.3) is 75.5 Å². The van der Waals surface area contributed by atoms with E-state index in [1.54, 1.807) is 0 Å². The lowest BCUT2D eigenvalue weighted by molar-refractivity contribution is 1.30. The first-order valence-corrected chi connectivity index (χ1v) is 19.3. The monoisotopic (exact) mass is 705 g/mol. The molecule has 1 nitrogen and oxygen atoms in total. The lowest BCUT2D eigenvalue weighted by Crippen LogP contribution is -2.11. The Labute approximate surface area is 319 Å². The van der Waals surface area contributed by atoms with Crippen LogP contribution in [0.5, 0.6) is 0 Å². The predicted molar refractivity (Wildman–Crippen MR) is 233 cm³/mol. The average Bonchev–Trinajstić information content (AvgIpc) is 3.64. The van der Waals surface area contributed by atoms with Gasteiger partial charge in [0.1, 0.15) is 0 Å². The molecule has 1 heterocycles. The fourth-order valence-corrected chi connectivity index (χ4v) is 9.18. The molecule has 0 aliphatic rings. The highest BCUT2D eigenvalue weighted by Gasteiger charge is 2.23. The SMILES string of the molecule is c1ccc(-c2ccccc2-c2ccccc2-c2ccccc2N(c2ccc(-c3cccc4ccccc34)cc2)c2cccc3sc4ccccc4c23)cc1. The van der Waals surface area contributed by atoms with Gasteiger partial charge in [-0.05, 0) is 86.1 Å². The third kappa shape index (κ3) is 5.56. The highest BCUT2D eigenvalue weighted by Crippen LogP contribution is 2.49. The molecule has 0 atom stereocenters. The van der Waals surface area contributed by atoms with Crippen LogP contribution < -0.4 is 4.90 Å². The number of anilines is 3. The maximum Gasteiger partial charge on any atom is 0.0555 e. The third-order valence-electron chi connectivity index (χ3n) is 10.5. The van der Waals surface area contributed by atoms with Gasteiger partial charge in [-0.15, -0.1) is 11.3 Å². The summed E-state index contributed by atoms with van der Waals surface area (Å²) in [6.07, 6.45) is 0. The Morgan fingerprint density at radius 1 is 0.296 bits per heavy atom. The minimum Gasteiger partial charge on any atom is -0.309 e. The molecule has 9 aromatic carbocycles. The van der Waals surface area contributed by atoms with Gasteiger partial charge in [-0.2, -0.15) is 0 Å². The molecule has 0 aliphatic heterocycles. The molecule has 2 heteroatoms. The second-order valence-electron chi connectivity index (χ2n) is 13.6. The number of thiophene rings is 1. The number of nitrogens with zero attached hydrogens (tertiary/aromatic N) is 1. The van der Waals surface area contributed by atoms with Gasteiger partial charge in [-0.25, -0.2) is 0 Å². The van der Waals surface area contributed by atoms with Gasteiger partial charge < -0.3 is 4.90 Å². The van der Waals surface area contributed by atoms with Crippen molar-refractivity contribution in [2.24, 2.45) is 0 Å². The first kappa shape index (κ1) is 32.0. The van der Waals surface area contributed by atoms with Crippen molar-refractivity contribution in [2.45, 2.75) is 0 Å². The normalized spacial score (nSPS) is 11.3. The van der Waals surface area contributed by atoms with Gasteiger partial charge in [0.15, 0.2) is 0 Å². The lowest BCUT2D eigenvalue weighted by Gasteiger charge is -2.29. The summed E-state index contributed by atoms with van der Waals surface area (Å²) < 4.78 is 2.57. The Morgan fingerprint density at radius 3 is 1.59 bits per heavy atom. The summed E-state index contributed by atoms with van der Waals surface area (Å²) >= 11 is 1.86. The van der Waals surface area contributed by atoms with Gasteiger partial charge in [0, 0.05) is 31.4 Å². The van der Waals surface area contributed by atoms with Gasteiger partial charge in [0.05, 0.1) is 11.4 Å². The number of hydrogen-bond acceptors (Lipinski definition) is 2. The molecule has 0 saturated heterocycles. The van der Waals surface area contributed by atoms with Gasteiger partial charge in [0.2, 0.25) is 0 Å². The zero-order chi connectivity index (χ0) is 35.8. The van der Waals surface area contributed by atoms with Crippen LogP contribution in [0.3, 0.4) is 0 Å². The van der Waals surface area contributed by atoms with Crippen molar-refractivity contribution in [1.82, 2.24) is 0 Å². The van der Waals surface area contributed by atoms with Gasteiger partial charge >= 0.3 is 0 Å². The Bertz CT molecular complexity index is 2930. The van der Waals surface area contributed by atoms with Crippen LogP contribution in [0.4, 0.5) is 17.1 Å². The highest BCUT2D eigenvalue weighted by atomic mass is 32.1. The standard InChI is InChI=1S/C52H35NS/c1-2-16-36(17-3-1)42-21-6-7-22-43(42)44-23-8-9-24-45(44)46-25-10-12-28-48(46)53(49-29-15-31-51-52(49)47-26-11-13-30-50(47)54-51)39-34-32-38(33-35-39)41-27-14-19-37-18-4-5-20-40(37)41/h1-35H. The van der Waals surface area contributed by atoms with Gasteiger partial charge in [0.25, 0.3) is 0 Å². The maximum atomic E-state index is 2.48.